The maximum Gasteiger partial charge on any atom is 0.306 e. The zero-order valence-electron chi connectivity index (χ0n) is 41.4. The first-order chi connectivity index (χ1) is 31.5. The lowest BCUT2D eigenvalue weighted by Crippen LogP contribution is -2.60. The van der Waals surface area contributed by atoms with E-state index in [9.17, 15) is 37.9 Å². The van der Waals surface area contributed by atoms with Gasteiger partial charge < -0.3 is 34.3 Å². The molecule has 0 radical (unpaired) electrons. The monoisotopic (exact) mass is 947 g/mol. The number of hydrogen-bond acceptors (Lipinski definition) is 11. The van der Waals surface area contributed by atoms with Gasteiger partial charge in [-0.3, -0.25) is 14.1 Å². The summed E-state index contributed by atoms with van der Waals surface area (Å²) in [6, 6.07) is 0. The van der Waals surface area contributed by atoms with Crippen LogP contribution in [-0.4, -0.2) is 96.0 Å². The van der Waals surface area contributed by atoms with Crippen LogP contribution in [0.2, 0.25) is 0 Å². The predicted octanol–water partition coefficient (Wildman–Crippen LogP) is 12.2. The van der Waals surface area contributed by atoms with Gasteiger partial charge >= 0.3 is 11.9 Å². The number of unbranched alkanes of at least 4 members (excludes halogenated alkanes) is 32. The molecular formula is C52H98O12S. The van der Waals surface area contributed by atoms with Gasteiger partial charge in [0.15, 0.2) is 12.4 Å². The van der Waals surface area contributed by atoms with E-state index in [4.69, 9.17) is 18.9 Å². The highest BCUT2D eigenvalue weighted by molar-refractivity contribution is 7.85. The molecule has 384 valence electrons. The van der Waals surface area contributed by atoms with Gasteiger partial charge in [-0.25, -0.2) is 0 Å². The number of aliphatic hydroxyl groups is 3. The second kappa shape index (κ2) is 42.5. The molecule has 13 heteroatoms. The van der Waals surface area contributed by atoms with E-state index in [2.05, 4.69) is 26.0 Å². The largest absolute Gasteiger partial charge is 0.462 e. The molecule has 0 bridgehead atoms. The number of esters is 2. The van der Waals surface area contributed by atoms with Crippen LogP contribution >= 0.6 is 0 Å². The molecule has 1 saturated heterocycles. The fourth-order valence-corrected chi connectivity index (χ4v) is 9.13. The van der Waals surface area contributed by atoms with E-state index in [1.807, 2.05) is 0 Å². The fraction of sp³-hybridized carbons (Fsp3) is 0.923. The van der Waals surface area contributed by atoms with Crippen molar-refractivity contribution in [2.45, 2.75) is 288 Å². The Morgan fingerprint density at radius 3 is 1.29 bits per heavy atom. The molecule has 2 unspecified atom stereocenters. The van der Waals surface area contributed by atoms with Crippen molar-refractivity contribution < 1.29 is 56.8 Å². The van der Waals surface area contributed by atoms with Crippen LogP contribution in [0, 0.1) is 0 Å². The summed E-state index contributed by atoms with van der Waals surface area (Å²) in [5.41, 5.74) is 0. The number of allylic oxidation sites excluding steroid dienone is 2. The molecule has 1 heterocycles. The third-order valence-corrected chi connectivity index (χ3v) is 13.3. The number of aliphatic hydroxyl groups excluding tert-OH is 3. The molecule has 0 aromatic heterocycles. The number of hydrogen-bond donors (Lipinski definition) is 4. The first kappa shape index (κ1) is 61.4. The van der Waals surface area contributed by atoms with Crippen LogP contribution in [0.25, 0.3) is 0 Å². The van der Waals surface area contributed by atoms with Crippen molar-refractivity contribution in [1.29, 1.82) is 0 Å². The van der Waals surface area contributed by atoms with E-state index in [-0.39, 0.29) is 19.4 Å². The molecule has 0 aliphatic carbocycles. The summed E-state index contributed by atoms with van der Waals surface area (Å²) in [5, 5.41) is 31.0. The Morgan fingerprint density at radius 2 is 0.877 bits per heavy atom. The molecule has 4 N–H and O–H groups in total. The van der Waals surface area contributed by atoms with Gasteiger partial charge in [-0.05, 0) is 38.5 Å². The highest BCUT2D eigenvalue weighted by Crippen LogP contribution is 2.24. The van der Waals surface area contributed by atoms with E-state index in [0.29, 0.717) is 12.8 Å². The molecule has 1 aliphatic rings. The molecule has 0 aromatic carbocycles. The summed E-state index contributed by atoms with van der Waals surface area (Å²) >= 11 is 0. The lowest BCUT2D eigenvalue weighted by atomic mass is 10.00. The molecule has 1 fully saturated rings. The van der Waals surface area contributed by atoms with Gasteiger partial charge in [0.1, 0.15) is 36.8 Å². The van der Waals surface area contributed by atoms with Gasteiger partial charge in [0.25, 0.3) is 10.1 Å². The van der Waals surface area contributed by atoms with Gasteiger partial charge in [-0.2, -0.15) is 8.42 Å². The molecule has 0 aromatic rings. The predicted molar refractivity (Wildman–Crippen MR) is 261 cm³/mol. The minimum Gasteiger partial charge on any atom is -0.462 e. The molecule has 0 spiro atoms. The molecule has 65 heavy (non-hydrogen) atoms. The Kier molecular flexibility index (Phi) is 40.1. The summed E-state index contributed by atoms with van der Waals surface area (Å²) in [5.74, 6) is -1.97. The third-order valence-electron chi connectivity index (χ3n) is 12.6. The van der Waals surface area contributed by atoms with Crippen LogP contribution in [0.3, 0.4) is 0 Å². The van der Waals surface area contributed by atoms with Crippen molar-refractivity contribution in [1.82, 2.24) is 0 Å². The molecule has 1 rings (SSSR count). The van der Waals surface area contributed by atoms with Crippen LogP contribution in [0.15, 0.2) is 12.2 Å². The first-order valence-electron chi connectivity index (χ1n) is 26.7. The van der Waals surface area contributed by atoms with E-state index < -0.39 is 71.2 Å². The molecular weight excluding hydrogens is 849 g/mol. The van der Waals surface area contributed by atoms with Crippen molar-refractivity contribution in [2.75, 3.05) is 19.0 Å². The highest BCUT2D eigenvalue weighted by atomic mass is 32.2. The Labute approximate surface area is 396 Å². The Morgan fingerprint density at radius 1 is 0.508 bits per heavy atom. The normalized spacial score (nSPS) is 19.5. The van der Waals surface area contributed by atoms with Gasteiger partial charge in [0.05, 0.1) is 6.61 Å². The van der Waals surface area contributed by atoms with Crippen molar-refractivity contribution >= 4 is 22.1 Å². The average Bonchev–Trinajstić information content (AvgIpc) is 3.27. The summed E-state index contributed by atoms with van der Waals surface area (Å²) in [6.45, 7) is 3.79. The third kappa shape index (κ3) is 37.0. The molecule has 6 atom stereocenters. The van der Waals surface area contributed by atoms with Gasteiger partial charge in [0, 0.05) is 12.8 Å². The van der Waals surface area contributed by atoms with E-state index in [1.165, 1.54) is 167 Å². The smallest absolute Gasteiger partial charge is 0.306 e. The topological polar surface area (TPSA) is 186 Å². The lowest BCUT2D eigenvalue weighted by Gasteiger charge is -2.40. The zero-order valence-corrected chi connectivity index (χ0v) is 42.2. The lowest BCUT2D eigenvalue weighted by molar-refractivity contribution is -0.297. The van der Waals surface area contributed by atoms with Gasteiger partial charge in [-0.15, -0.1) is 0 Å². The maximum absolute atomic E-state index is 12.9. The van der Waals surface area contributed by atoms with E-state index in [0.717, 1.165) is 44.9 Å². The first-order valence-corrected chi connectivity index (χ1v) is 28.4. The van der Waals surface area contributed by atoms with Crippen molar-refractivity contribution in [3.8, 4) is 0 Å². The minimum absolute atomic E-state index is 0.170. The molecule has 12 nitrogen and oxygen atoms in total. The standard InChI is InChI=1S/C52H98O12S/c1-3-5-7-9-11-13-15-17-19-20-21-22-23-24-25-27-29-31-33-35-37-39-41-48(54)63-45(43-62-52-51(57)50(56)49(55)46(64-52)44-65(58,59)60)42-61-47(53)40-38-36-34-32-30-28-26-18-16-14-12-10-8-6-4-2/h14,16,45-46,49-52,55-57H,3-13,15,17-44H2,1-2H3,(H,58,59,60)/b16-14+/t45-,46-,49-,50?,51?,52+/m1/s1. The summed E-state index contributed by atoms with van der Waals surface area (Å²) in [7, 11) is -4.60. The Bertz CT molecular complexity index is 1250. The van der Waals surface area contributed by atoms with Crippen molar-refractivity contribution in [3.63, 3.8) is 0 Å². The minimum atomic E-state index is -4.60. The highest BCUT2D eigenvalue weighted by Gasteiger charge is 2.46. The Hall–Kier alpha value is -1.61. The summed E-state index contributed by atoms with van der Waals surface area (Å²) in [4.78, 5) is 25.5. The molecule has 1 aliphatic heterocycles. The number of carbonyl (C=O) groups is 2. The second-order valence-corrected chi connectivity index (χ2v) is 20.4. The zero-order chi connectivity index (χ0) is 47.6. The van der Waals surface area contributed by atoms with Crippen LogP contribution in [0.5, 0.6) is 0 Å². The maximum atomic E-state index is 12.9. The Balaban J connectivity index is 2.33. The van der Waals surface area contributed by atoms with Gasteiger partial charge in [0.2, 0.25) is 0 Å². The van der Waals surface area contributed by atoms with E-state index in [1.54, 1.807) is 0 Å². The van der Waals surface area contributed by atoms with Crippen LogP contribution < -0.4 is 0 Å². The molecule has 0 saturated carbocycles. The average molecular weight is 947 g/mol. The second-order valence-electron chi connectivity index (χ2n) is 18.9. The number of carbonyl (C=O) groups excluding carboxylic acids is 2. The summed E-state index contributed by atoms with van der Waals surface area (Å²) < 4.78 is 54.3. The van der Waals surface area contributed by atoms with E-state index >= 15 is 0 Å². The number of rotatable bonds is 46. The van der Waals surface area contributed by atoms with Crippen LogP contribution in [0.1, 0.15) is 251 Å². The van der Waals surface area contributed by atoms with Crippen molar-refractivity contribution in [2.24, 2.45) is 0 Å². The summed E-state index contributed by atoms with van der Waals surface area (Å²) in [6.07, 6.45) is 38.2. The fourth-order valence-electron chi connectivity index (χ4n) is 8.44. The molecule has 0 amide bonds. The SMILES string of the molecule is CCCCCC/C=C/CCCCCCCCCC(=O)OC[C@H](CO[C@H]1O[C@H](CS(=O)(=O)O)[C@@H](O)C(O)C1O)OC(=O)CCCCCCCCCCCCCCCCCCCCCCCC. The van der Waals surface area contributed by atoms with Gasteiger partial charge in [-0.1, -0.05) is 212 Å². The number of ether oxygens (including phenoxy) is 4. The van der Waals surface area contributed by atoms with Crippen LogP contribution in [-0.2, 0) is 38.7 Å². The quantitative estimate of drug-likeness (QED) is 0.0196. The van der Waals surface area contributed by atoms with Crippen LogP contribution in [0.4, 0.5) is 0 Å². The van der Waals surface area contributed by atoms with Crippen molar-refractivity contribution in [3.05, 3.63) is 12.2 Å².